The van der Waals surface area contributed by atoms with Crippen LogP contribution in [0.4, 0.5) is 4.39 Å². The zero-order chi connectivity index (χ0) is 13.7. The highest BCUT2D eigenvalue weighted by atomic mass is 19.1. The maximum absolute atomic E-state index is 12.8. The van der Waals surface area contributed by atoms with E-state index in [2.05, 4.69) is 4.90 Å². The van der Waals surface area contributed by atoms with Crippen molar-refractivity contribution in [1.82, 2.24) is 4.90 Å². The van der Waals surface area contributed by atoms with Crippen LogP contribution in [0.5, 0.6) is 0 Å². The summed E-state index contributed by atoms with van der Waals surface area (Å²) in [5, 5.41) is 9.11. The van der Waals surface area contributed by atoms with Gasteiger partial charge in [0.2, 0.25) is 0 Å². The molecule has 19 heavy (non-hydrogen) atoms. The minimum atomic E-state index is -0.334. The van der Waals surface area contributed by atoms with E-state index < -0.39 is 0 Å². The van der Waals surface area contributed by atoms with Crippen molar-refractivity contribution in [2.45, 2.75) is 31.7 Å². The van der Waals surface area contributed by atoms with Gasteiger partial charge in [0.1, 0.15) is 5.82 Å². The molecule has 1 fully saturated rings. The molecule has 0 spiro atoms. The van der Waals surface area contributed by atoms with Crippen molar-refractivity contribution < 1.29 is 14.3 Å². The summed E-state index contributed by atoms with van der Waals surface area (Å²) < 4.78 is 12.8. The molecule has 2 rings (SSSR count). The van der Waals surface area contributed by atoms with E-state index in [9.17, 15) is 9.18 Å². The predicted molar refractivity (Wildman–Crippen MR) is 71.6 cm³/mol. The Balaban J connectivity index is 1.99. The van der Waals surface area contributed by atoms with Crippen LogP contribution >= 0.6 is 0 Å². The average Bonchev–Trinajstić information content (AvgIpc) is 2.92. The molecule has 0 heterocycles. The highest BCUT2D eigenvalue weighted by molar-refractivity contribution is 5.97. The second-order valence-electron chi connectivity index (χ2n) is 5.06. The van der Waals surface area contributed by atoms with Crippen LogP contribution in [0.3, 0.4) is 0 Å². The fourth-order valence-electron chi connectivity index (χ4n) is 2.70. The number of hydrogen-bond donors (Lipinski definition) is 1. The Morgan fingerprint density at radius 1 is 1.26 bits per heavy atom. The molecule has 0 amide bonds. The van der Waals surface area contributed by atoms with Gasteiger partial charge in [-0.1, -0.05) is 12.8 Å². The third-order valence-electron chi connectivity index (χ3n) is 3.74. The van der Waals surface area contributed by atoms with Crippen LogP contribution in [0.1, 0.15) is 36.0 Å². The average molecular weight is 265 g/mol. The zero-order valence-corrected chi connectivity index (χ0v) is 11.0. The highest BCUT2D eigenvalue weighted by Gasteiger charge is 2.24. The molecule has 0 saturated heterocycles. The van der Waals surface area contributed by atoms with Gasteiger partial charge in [0, 0.05) is 18.2 Å². The summed E-state index contributed by atoms with van der Waals surface area (Å²) in [6.45, 7) is 0.891. The fraction of sp³-hybridized carbons (Fsp3) is 0.533. The molecule has 1 aromatic carbocycles. The number of nitrogens with zero attached hydrogens (tertiary/aromatic N) is 1. The first-order valence-corrected chi connectivity index (χ1v) is 6.84. The molecule has 0 aromatic heterocycles. The molecule has 3 nitrogen and oxygen atoms in total. The van der Waals surface area contributed by atoms with Gasteiger partial charge in [-0.15, -0.1) is 0 Å². The van der Waals surface area contributed by atoms with Gasteiger partial charge in [0.15, 0.2) is 5.78 Å². The molecule has 0 unspecified atom stereocenters. The lowest BCUT2D eigenvalue weighted by molar-refractivity contribution is 0.0862. The Morgan fingerprint density at radius 3 is 2.47 bits per heavy atom. The molecule has 1 saturated carbocycles. The number of carbonyl (C=O) groups excluding carboxylic acids is 1. The number of aliphatic hydroxyl groups is 1. The first-order valence-electron chi connectivity index (χ1n) is 6.84. The minimum absolute atomic E-state index is 0.0136. The van der Waals surface area contributed by atoms with Crippen LogP contribution in [0.25, 0.3) is 0 Å². The molecule has 1 N–H and O–H groups in total. The van der Waals surface area contributed by atoms with Crippen molar-refractivity contribution >= 4 is 5.78 Å². The maximum atomic E-state index is 12.8. The van der Waals surface area contributed by atoms with Crippen molar-refractivity contribution in [1.29, 1.82) is 0 Å². The predicted octanol–water partition coefficient (Wildman–Crippen LogP) is 2.25. The van der Waals surface area contributed by atoms with Gasteiger partial charge in [-0.2, -0.15) is 0 Å². The molecule has 0 bridgehead atoms. The normalized spacial score (nSPS) is 16.2. The standard InChI is InChI=1S/C15H20FNO2/c16-13-7-5-12(6-8-13)15(19)11-17(9-10-18)14-3-1-2-4-14/h5-8,14,18H,1-4,9-11H2. The largest absolute Gasteiger partial charge is 0.395 e. The monoisotopic (exact) mass is 265 g/mol. The summed E-state index contributed by atoms with van der Waals surface area (Å²) in [6.07, 6.45) is 4.57. The lowest BCUT2D eigenvalue weighted by Crippen LogP contribution is -2.39. The Kier molecular flexibility index (Phi) is 5.05. The smallest absolute Gasteiger partial charge is 0.176 e. The second kappa shape index (κ2) is 6.78. The van der Waals surface area contributed by atoms with Crippen molar-refractivity contribution in [3.8, 4) is 0 Å². The lowest BCUT2D eigenvalue weighted by Gasteiger charge is -2.27. The third-order valence-corrected chi connectivity index (χ3v) is 3.74. The molecule has 1 aromatic rings. The molecule has 0 aliphatic heterocycles. The topological polar surface area (TPSA) is 40.5 Å². The van der Waals surface area contributed by atoms with Gasteiger partial charge in [-0.05, 0) is 37.1 Å². The molecular formula is C15H20FNO2. The summed E-state index contributed by atoms with van der Waals surface area (Å²) in [7, 11) is 0. The first-order chi connectivity index (χ1) is 9.20. The number of hydrogen-bond acceptors (Lipinski definition) is 3. The number of rotatable bonds is 6. The van der Waals surface area contributed by atoms with Gasteiger partial charge >= 0.3 is 0 Å². The molecular weight excluding hydrogens is 245 g/mol. The van der Waals surface area contributed by atoms with Crippen LogP contribution < -0.4 is 0 Å². The number of Topliss-reactive ketones (excluding diaryl/α,β-unsaturated/α-hetero) is 1. The van der Waals surface area contributed by atoms with E-state index in [-0.39, 0.29) is 18.2 Å². The van der Waals surface area contributed by atoms with Crippen LogP contribution in [0.2, 0.25) is 0 Å². The number of carbonyl (C=O) groups is 1. The summed E-state index contributed by atoms with van der Waals surface area (Å²) in [5.74, 6) is -0.347. The van der Waals surface area contributed by atoms with Crippen LogP contribution in [0.15, 0.2) is 24.3 Å². The van der Waals surface area contributed by atoms with Crippen molar-refractivity contribution in [3.63, 3.8) is 0 Å². The van der Waals surface area contributed by atoms with Crippen LogP contribution in [-0.2, 0) is 0 Å². The Hall–Kier alpha value is -1.26. The van der Waals surface area contributed by atoms with E-state index in [1.165, 1.54) is 37.1 Å². The third kappa shape index (κ3) is 3.85. The Morgan fingerprint density at radius 2 is 1.89 bits per heavy atom. The highest BCUT2D eigenvalue weighted by Crippen LogP contribution is 2.23. The van der Waals surface area contributed by atoms with Gasteiger partial charge in [-0.3, -0.25) is 9.69 Å². The molecule has 0 atom stereocenters. The summed E-state index contributed by atoms with van der Waals surface area (Å²) in [4.78, 5) is 14.2. The summed E-state index contributed by atoms with van der Waals surface area (Å²) in [5.41, 5.74) is 0.530. The quantitative estimate of drug-likeness (QED) is 0.802. The second-order valence-corrected chi connectivity index (χ2v) is 5.06. The van der Waals surface area contributed by atoms with Crippen molar-refractivity contribution in [2.24, 2.45) is 0 Å². The van der Waals surface area contributed by atoms with E-state index in [0.29, 0.717) is 24.7 Å². The molecule has 1 aliphatic rings. The Bertz CT molecular complexity index is 413. The van der Waals surface area contributed by atoms with Crippen LogP contribution in [0, 0.1) is 5.82 Å². The van der Waals surface area contributed by atoms with E-state index in [0.717, 1.165) is 12.8 Å². The minimum Gasteiger partial charge on any atom is -0.395 e. The number of ketones is 1. The van der Waals surface area contributed by atoms with E-state index in [1.54, 1.807) is 0 Å². The van der Waals surface area contributed by atoms with Crippen LogP contribution in [-0.4, -0.2) is 41.5 Å². The maximum Gasteiger partial charge on any atom is 0.176 e. The summed E-state index contributed by atoms with van der Waals surface area (Å²) in [6, 6.07) is 6.04. The number of halogens is 1. The molecule has 104 valence electrons. The van der Waals surface area contributed by atoms with Crippen molar-refractivity contribution in [3.05, 3.63) is 35.6 Å². The number of benzene rings is 1. The van der Waals surface area contributed by atoms with Crippen molar-refractivity contribution in [2.75, 3.05) is 19.7 Å². The van der Waals surface area contributed by atoms with Gasteiger partial charge < -0.3 is 5.11 Å². The first kappa shape index (κ1) is 14.2. The summed E-state index contributed by atoms with van der Waals surface area (Å²) >= 11 is 0. The molecule has 0 radical (unpaired) electrons. The number of aliphatic hydroxyl groups excluding tert-OH is 1. The van der Waals surface area contributed by atoms with E-state index >= 15 is 0 Å². The SMILES string of the molecule is O=C(CN(CCO)C1CCCC1)c1ccc(F)cc1. The lowest BCUT2D eigenvalue weighted by atomic mass is 10.1. The fourth-order valence-corrected chi connectivity index (χ4v) is 2.70. The van der Waals surface area contributed by atoms with Gasteiger partial charge in [-0.25, -0.2) is 4.39 Å². The van der Waals surface area contributed by atoms with Gasteiger partial charge in [0.05, 0.1) is 13.2 Å². The van der Waals surface area contributed by atoms with Gasteiger partial charge in [0.25, 0.3) is 0 Å². The molecule has 4 heteroatoms. The zero-order valence-electron chi connectivity index (χ0n) is 11.0. The van der Waals surface area contributed by atoms with E-state index in [1.807, 2.05) is 0 Å². The molecule has 1 aliphatic carbocycles. The Labute approximate surface area is 113 Å². The van der Waals surface area contributed by atoms with E-state index in [4.69, 9.17) is 5.11 Å².